The highest BCUT2D eigenvalue weighted by atomic mass is 16.5. The molecule has 2 rings (SSSR count). The lowest BCUT2D eigenvalue weighted by atomic mass is 10.1. The number of nitrogens with zero attached hydrogens (tertiary/aromatic N) is 2. The minimum absolute atomic E-state index is 0.249. The SMILES string of the molecule is CC(O)CCc1ccc(OCc2cnn(C)c2)cc1. The van der Waals surface area contributed by atoms with Crippen molar-refractivity contribution in [3.05, 3.63) is 47.8 Å². The molecule has 1 heterocycles. The first-order valence-electron chi connectivity index (χ1n) is 6.51. The lowest BCUT2D eigenvalue weighted by Crippen LogP contribution is -2.01. The van der Waals surface area contributed by atoms with Crippen LogP contribution in [0.3, 0.4) is 0 Å². The molecular formula is C15H20N2O2. The van der Waals surface area contributed by atoms with E-state index in [4.69, 9.17) is 4.74 Å². The lowest BCUT2D eigenvalue weighted by molar-refractivity contribution is 0.185. The van der Waals surface area contributed by atoms with Crippen molar-refractivity contribution in [1.29, 1.82) is 0 Å². The highest BCUT2D eigenvalue weighted by Gasteiger charge is 2.00. The van der Waals surface area contributed by atoms with Gasteiger partial charge in [0, 0.05) is 18.8 Å². The van der Waals surface area contributed by atoms with Gasteiger partial charge >= 0.3 is 0 Å². The van der Waals surface area contributed by atoms with Crippen LogP contribution < -0.4 is 4.74 Å². The van der Waals surface area contributed by atoms with Gasteiger partial charge in [-0.15, -0.1) is 0 Å². The number of ether oxygens (including phenoxy) is 1. The molecule has 1 N–H and O–H groups in total. The molecule has 0 saturated heterocycles. The Morgan fingerprint density at radius 2 is 2.00 bits per heavy atom. The molecule has 4 nitrogen and oxygen atoms in total. The summed E-state index contributed by atoms with van der Waals surface area (Å²) in [6, 6.07) is 8.02. The summed E-state index contributed by atoms with van der Waals surface area (Å²) in [5, 5.41) is 13.3. The zero-order valence-corrected chi connectivity index (χ0v) is 11.4. The predicted molar refractivity (Wildman–Crippen MR) is 74.0 cm³/mol. The molecule has 4 heteroatoms. The number of aliphatic hydroxyl groups is 1. The highest BCUT2D eigenvalue weighted by Crippen LogP contribution is 2.15. The van der Waals surface area contributed by atoms with Gasteiger partial charge in [-0.2, -0.15) is 5.10 Å². The van der Waals surface area contributed by atoms with Crippen LogP contribution in [0.25, 0.3) is 0 Å². The quantitative estimate of drug-likeness (QED) is 0.867. The molecule has 0 saturated carbocycles. The molecule has 102 valence electrons. The van der Waals surface area contributed by atoms with E-state index in [1.54, 1.807) is 10.9 Å². The van der Waals surface area contributed by atoms with Crippen molar-refractivity contribution in [3.63, 3.8) is 0 Å². The molecule has 2 aromatic rings. The zero-order chi connectivity index (χ0) is 13.7. The van der Waals surface area contributed by atoms with E-state index in [0.29, 0.717) is 6.61 Å². The smallest absolute Gasteiger partial charge is 0.119 e. The fourth-order valence-corrected chi connectivity index (χ4v) is 1.84. The Labute approximate surface area is 113 Å². The van der Waals surface area contributed by atoms with E-state index in [1.807, 2.05) is 44.4 Å². The molecule has 0 aliphatic heterocycles. The summed E-state index contributed by atoms with van der Waals surface area (Å²) in [6.45, 7) is 2.34. The molecule has 0 spiro atoms. The molecule has 0 bridgehead atoms. The van der Waals surface area contributed by atoms with E-state index in [-0.39, 0.29) is 6.10 Å². The lowest BCUT2D eigenvalue weighted by Gasteiger charge is -2.07. The van der Waals surface area contributed by atoms with Crippen LogP contribution in [0.4, 0.5) is 0 Å². The number of rotatable bonds is 6. The molecular weight excluding hydrogens is 240 g/mol. The third-order valence-electron chi connectivity index (χ3n) is 2.94. The summed E-state index contributed by atoms with van der Waals surface area (Å²) in [5.41, 5.74) is 2.27. The molecule has 1 unspecified atom stereocenters. The third kappa shape index (κ3) is 4.41. The van der Waals surface area contributed by atoms with Crippen LogP contribution in [0.5, 0.6) is 5.75 Å². The van der Waals surface area contributed by atoms with Gasteiger partial charge in [-0.1, -0.05) is 12.1 Å². The van der Waals surface area contributed by atoms with Crippen molar-refractivity contribution in [2.75, 3.05) is 0 Å². The van der Waals surface area contributed by atoms with Gasteiger partial charge < -0.3 is 9.84 Å². The van der Waals surface area contributed by atoms with Crippen LogP contribution in [0.15, 0.2) is 36.7 Å². The number of hydrogen-bond acceptors (Lipinski definition) is 3. The number of aromatic nitrogens is 2. The second-order valence-electron chi connectivity index (χ2n) is 4.84. The average Bonchev–Trinajstić information content (AvgIpc) is 2.81. The van der Waals surface area contributed by atoms with E-state index in [0.717, 1.165) is 24.2 Å². The van der Waals surface area contributed by atoms with Crippen molar-refractivity contribution in [2.45, 2.75) is 32.5 Å². The molecule has 0 radical (unpaired) electrons. The summed E-state index contributed by atoms with van der Waals surface area (Å²) < 4.78 is 7.45. The topological polar surface area (TPSA) is 47.3 Å². The number of benzene rings is 1. The van der Waals surface area contributed by atoms with E-state index in [9.17, 15) is 5.11 Å². The van der Waals surface area contributed by atoms with Crippen molar-refractivity contribution >= 4 is 0 Å². The maximum absolute atomic E-state index is 9.25. The molecule has 0 amide bonds. The standard InChI is InChI=1S/C15H20N2O2/c1-12(18)3-4-13-5-7-15(8-6-13)19-11-14-9-16-17(2)10-14/h5-10,12,18H,3-4,11H2,1-2H3. The summed E-state index contributed by atoms with van der Waals surface area (Å²) in [6.07, 6.45) is 5.17. The normalized spacial score (nSPS) is 12.4. The van der Waals surface area contributed by atoms with Crippen molar-refractivity contribution in [3.8, 4) is 5.75 Å². The van der Waals surface area contributed by atoms with Gasteiger partial charge in [-0.05, 0) is 37.5 Å². The first-order chi connectivity index (χ1) is 9.13. The van der Waals surface area contributed by atoms with Crippen LogP contribution >= 0.6 is 0 Å². The van der Waals surface area contributed by atoms with Crippen LogP contribution in [-0.4, -0.2) is 21.0 Å². The van der Waals surface area contributed by atoms with Crippen molar-refractivity contribution in [2.24, 2.45) is 7.05 Å². The minimum Gasteiger partial charge on any atom is -0.489 e. The number of aryl methyl sites for hydroxylation is 2. The second-order valence-corrected chi connectivity index (χ2v) is 4.84. The third-order valence-corrected chi connectivity index (χ3v) is 2.94. The Morgan fingerprint density at radius 3 is 2.58 bits per heavy atom. The monoisotopic (exact) mass is 260 g/mol. The van der Waals surface area contributed by atoms with Gasteiger partial charge in [-0.25, -0.2) is 0 Å². The molecule has 1 aromatic heterocycles. The maximum Gasteiger partial charge on any atom is 0.119 e. The van der Waals surface area contributed by atoms with Crippen LogP contribution in [0, 0.1) is 0 Å². The van der Waals surface area contributed by atoms with Gasteiger partial charge in [-0.3, -0.25) is 4.68 Å². The largest absolute Gasteiger partial charge is 0.489 e. The summed E-state index contributed by atoms with van der Waals surface area (Å²) in [4.78, 5) is 0. The van der Waals surface area contributed by atoms with Crippen LogP contribution in [-0.2, 0) is 20.1 Å². The van der Waals surface area contributed by atoms with Crippen molar-refractivity contribution < 1.29 is 9.84 Å². The Bertz CT molecular complexity index is 503. The molecule has 0 aliphatic carbocycles. The summed E-state index contributed by atoms with van der Waals surface area (Å²) >= 11 is 0. The van der Waals surface area contributed by atoms with E-state index >= 15 is 0 Å². The molecule has 0 aliphatic rings. The van der Waals surface area contributed by atoms with Gasteiger partial charge in [0.1, 0.15) is 12.4 Å². The van der Waals surface area contributed by atoms with Crippen LogP contribution in [0.1, 0.15) is 24.5 Å². The van der Waals surface area contributed by atoms with Gasteiger partial charge in [0.15, 0.2) is 0 Å². The van der Waals surface area contributed by atoms with Gasteiger partial charge in [0.05, 0.1) is 12.3 Å². The fourth-order valence-electron chi connectivity index (χ4n) is 1.84. The Morgan fingerprint density at radius 1 is 1.26 bits per heavy atom. The zero-order valence-electron chi connectivity index (χ0n) is 11.4. The maximum atomic E-state index is 9.25. The Hall–Kier alpha value is -1.81. The predicted octanol–water partition coefficient (Wildman–Crippen LogP) is 2.31. The number of hydrogen-bond donors (Lipinski definition) is 1. The first-order valence-corrected chi connectivity index (χ1v) is 6.51. The van der Waals surface area contributed by atoms with Crippen molar-refractivity contribution in [1.82, 2.24) is 9.78 Å². The minimum atomic E-state index is -0.249. The first kappa shape index (κ1) is 13.6. The number of aliphatic hydroxyl groups excluding tert-OH is 1. The fraction of sp³-hybridized carbons (Fsp3) is 0.400. The Balaban J connectivity index is 1.84. The summed E-state index contributed by atoms with van der Waals surface area (Å²) in [5.74, 6) is 0.852. The van der Waals surface area contributed by atoms with E-state index in [1.165, 1.54) is 5.56 Å². The highest BCUT2D eigenvalue weighted by molar-refractivity contribution is 5.27. The molecule has 1 aromatic carbocycles. The summed E-state index contributed by atoms with van der Waals surface area (Å²) in [7, 11) is 1.89. The van der Waals surface area contributed by atoms with E-state index in [2.05, 4.69) is 5.10 Å². The van der Waals surface area contributed by atoms with E-state index < -0.39 is 0 Å². The Kier molecular flexibility index (Phi) is 4.58. The van der Waals surface area contributed by atoms with Gasteiger partial charge in [0.2, 0.25) is 0 Å². The molecule has 0 fully saturated rings. The molecule has 19 heavy (non-hydrogen) atoms. The van der Waals surface area contributed by atoms with Crippen LogP contribution in [0.2, 0.25) is 0 Å². The molecule has 1 atom stereocenters. The van der Waals surface area contributed by atoms with Gasteiger partial charge in [0.25, 0.3) is 0 Å². The average molecular weight is 260 g/mol. The second kappa shape index (κ2) is 6.38.